The van der Waals surface area contributed by atoms with E-state index >= 15 is 0 Å². The number of carbonyl (C=O) groups excluding carboxylic acids is 5. The molecule has 1 heterocycles. The van der Waals surface area contributed by atoms with Gasteiger partial charge in [0.1, 0.15) is 12.1 Å². The zero-order valence-corrected chi connectivity index (χ0v) is 24.2. The lowest BCUT2D eigenvalue weighted by molar-refractivity contribution is -0.137. The highest BCUT2D eigenvalue weighted by Gasteiger charge is 2.29. The molecule has 41 heavy (non-hydrogen) atoms. The zero-order chi connectivity index (χ0) is 30.4. The van der Waals surface area contributed by atoms with Gasteiger partial charge in [-0.05, 0) is 55.7 Å². The van der Waals surface area contributed by atoms with E-state index in [1.54, 1.807) is 0 Å². The number of aliphatic imine (C=N–C) groups is 1. The molecule has 1 aliphatic rings. The number of anilines is 1. The summed E-state index contributed by atoms with van der Waals surface area (Å²) in [5.74, 6) is -2.07. The van der Waals surface area contributed by atoms with Crippen molar-refractivity contribution in [2.45, 2.75) is 77.8 Å². The average Bonchev–Trinajstić information content (AvgIpc) is 3.25. The van der Waals surface area contributed by atoms with Crippen LogP contribution in [0.3, 0.4) is 0 Å². The number of hydrogen-bond donors (Lipinski definition) is 5. The van der Waals surface area contributed by atoms with Crippen molar-refractivity contribution in [1.29, 1.82) is 0 Å². The molecule has 0 aromatic heterocycles. The molecule has 0 unspecified atom stereocenters. The number of nitrogens with zero attached hydrogens (tertiary/aromatic N) is 2. The molecule has 1 aromatic carbocycles. The SMILES string of the molecule is CCc1ccc(NC(=O)[C@H](CCCN=C(N)N)NC(=O)[C@@H](NC(=O)CCCCCN2C(=O)C=CC2=O)C(C)C)cc1. The largest absolute Gasteiger partial charge is 0.370 e. The molecule has 5 amide bonds. The van der Waals surface area contributed by atoms with Crippen molar-refractivity contribution in [2.75, 3.05) is 18.4 Å². The molecule has 0 bridgehead atoms. The van der Waals surface area contributed by atoms with Gasteiger partial charge in [-0.3, -0.25) is 33.9 Å². The number of unbranched alkanes of at least 4 members (excludes halogenated alkanes) is 2. The number of nitrogens with two attached hydrogens (primary N) is 2. The molecular formula is C29H43N7O5. The van der Waals surface area contributed by atoms with Crippen molar-refractivity contribution >= 4 is 41.2 Å². The van der Waals surface area contributed by atoms with Crippen LogP contribution in [0.2, 0.25) is 0 Å². The summed E-state index contributed by atoms with van der Waals surface area (Å²) in [4.78, 5) is 67.4. The van der Waals surface area contributed by atoms with Gasteiger partial charge in [-0.2, -0.15) is 0 Å². The van der Waals surface area contributed by atoms with Gasteiger partial charge in [0.25, 0.3) is 11.8 Å². The molecule has 7 N–H and O–H groups in total. The van der Waals surface area contributed by atoms with Gasteiger partial charge in [0.2, 0.25) is 17.7 Å². The van der Waals surface area contributed by atoms with Crippen LogP contribution in [0.25, 0.3) is 0 Å². The van der Waals surface area contributed by atoms with E-state index in [4.69, 9.17) is 11.5 Å². The van der Waals surface area contributed by atoms with Crippen LogP contribution in [-0.4, -0.2) is 65.6 Å². The minimum Gasteiger partial charge on any atom is -0.370 e. The predicted octanol–water partition coefficient (Wildman–Crippen LogP) is 1.35. The van der Waals surface area contributed by atoms with Crippen LogP contribution in [0.4, 0.5) is 5.69 Å². The first-order valence-corrected chi connectivity index (χ1v) is 14.1. The highest BCUT2D eigenvalue weighted by molar-refractivity contribution is 6.12. The molecule has 1 aromatic rings. The maximum atomic E-state index is 13.2. The molecule has 224 valence electrons. The van der Waals surface area contributed by atoms with Gasteiger partial charge in [-0.15, -0.1) is 0 Å². The number of aryl methyl sites for hydroxylation is 1. The molecule has 0 fully saturated rings. The van der Waals surface area contributed by atoms with Gasteiger partial charge >= 0.3 is 0 Å². The molecule has 1 aliphatic heterocycles. The van der Waals surface area contributed by atoms with Gasteiger partial charge in [-0.25, -0.2) is 0 Å². The Morgan fingerprint density at radius 3 is 2.15 bits per heavy atom. The summed E-state index contributed by atoms with van der Waals surface area (Å²) in [7, 11) is 0. The van der Waals surface area contributed by atoms with E-state index in [-0.39, 0.29) is 48.3 Å². The number of nitrogens with one attached hydrogen (secondary N) is 3. The Hall–Kier alpha value is -4.22. The van der Waals surface area contributed by atoms with Crippen LogP contribution in [0.1, 0.15) is 64.9 Å². The van der Waals surface area contributed by atoms with Crippen molar-refractivity contribution in [3.8, 4) is 0 Å². The molecule has 0 saturated heterocycles. The Kier molecular flexibility index (Phi) is 13.5. The Morgan fingerprint density at radius 1 is 0.902 bits per heavy atom. The third kappa shape index (κ3) is 11.4. The standard InChI is InChI=1S/C29H43N7O5/c1-4-20-11-13-21(14-12-20)33-27(40)22(9-8-17-32-29(30)31)34-28(41)26(19(2)3)35-23(37)10-6-5-7-18-36-24(38)15-16-25(36)39/h11-16,19,22,26H,4-10,17-18H2,1-3H3,(H,33,40)(H,34,41)(H,35,37)(H4,30,31,32)/t22-,26-/m0/s1. The minimum atomic E-state index is -0.869. The van der Waals surface area contributed by atoms with Crippen molar-refractivity contribution < 1.29 is 24.0 Å². The minimum absolute atomic E-state index is 0.0522. The predicted molar refractivity (Wildman–Crippen MR) is 157 cm³/mol. The fourth-order valence-corrected chi connectivity index (χ4v) is 4.25. The molecule has 12 nitrogen and oxygen atoms in total. The van der Waals surface area contributed by atoms with Crippen LogP contribution < -0.4 is 27.4 Å². The highest BCUT2D eigenvalue weighted by Crippen LogP contribution is 2.13. The second kappa shape index (κ2) is 16.8. The lowest BCUT2D eigenvalue weighted by atomic mass is 10.0. The number of hydrogen-bond acceptors (Lipinski definition) is 6. The summed E-state index contributed by atoms with van der Waals surface area (Å²) in [5.41, 5.74) is 12.5. The normalized spacial score (nSPS) is 14.1. The van der Waals surface area contributed by atoms with Crippen LogP contribution in [-0.2, 0) is 30.4 Å². The molecule has 2 rings (SSSR count). The molecule has 12 heteroatoms. The molecule has 0 saturated carbocycles. The first-order valence-electron chi connectivity index (χ1n) is 14.1. The maximum absolute atomic E-state index is 13.2. The number of imide groups is 1. The van der Waals surface area contributed by atoms with Crippen LogP contribution in [0, 0.1) is 5.92 Å². The molecule has 0 spiro atoms. The second-order valence-electron chi connectivity index (χ2n) is 10.3. The summed E-state index contributed by atoms with van der Waals surface area (Å²) >= 11 is 0. The van der Waals surface area contributed by atoms with E-state index in [1.165, 1.54) is 17.1 Å². The summed E-state index contributed by atoms with van der Waals surface area (Å²) in [6.45, 7) is 6.27. The van der Waals surface area contributed by atoms with Gasteiger partial charge in [0.05, 0.1) is 0 Å². The zero-order valence-electron chi connectivity index (χ0n) is 24.2. The number of benzene rings is 1. The Bertz CT molecular complexity index is 1110. The Balaban J connectivity index is 1.93. The van der Waals surface area contributed by atoms with Gasteiger partial charge in [0.15, 0.2) is 5.96 Å². The Morgan fingerprint density at radius 2 is 1.56 bits per heavy atom. The molecule has 2 atom stereocenters. The van der Waals surface area contributed by atoms with Crippen molar-refractivity contribution in [2.24, 2.45) is 22.4 Å². The maximum Gasteiger partial charge on any atom is 0.253 e. The van der Waals surface area contributed by atoms with E-state index in [0.717, 1.165) is 12.0 Å². The highest BCUT2D eigenvalue weighted by atomic mass is 16.2. The van der Waals surface area contributed by atoms with Crippen LogP contribution >= 0.6 is 0 Å². The fourth-order valence-electron chi connectivity index (χ4n) is 4.25. The number of carbonyl (C=O) groups is 5. The summed E-state index contributed by atoms with van der Waals surface area (Å²) in [5, 5.41) is 8.43. The quantitative estimate of drug-likeness (QED) is 0.0810. The summed E-state index contributed by atoms with van der Waals surface area (Å²) in [6, 6.07) is 5.76. The van der Waals surface area contributed by atoms with E-state index in [2.05, 4.69) is 20.9 Å². The summed E-state index contributed by atoms with van der Waals surface area (Å²) < 4.78 is 0. The van der Waals surface area contributed by atoms with Crippen molar-refractivity contribution in [1.82, 2.24) is 15.5 Å². The molecule has 0 radical (unpaired) electrons. The lowest BCUT2D eigenvalue weighted by Gasteiger charge is -2.25. The van der Waals surface area contributed by atoms with E-state index in [1.807, 2.05) is 45.0 Å². The topological polar surface area (TPSA) is 189 Å². The van der Waals surface area contributed by atoms with E-state index in [0.29, 0.717) is 44.5 Å². The fraction of sp³-hybridized carbons (Fsp3) is 0.517. The second-order valence-corrected chi connectivity index (χ2v) is 10.3. The van der Waals surface area contributed by atoms with Crippen molar-refractivity contribution in [3.63, 3.8) is 0 Å². The first-order chi connectivity index (χ1) is 19.5. The third-order valence-corrected chi connectivity index (χ3v) is 6.66. The van der Waals surface area contributed by atoms with Crippen LogP contribution in [0.15, 0.2) is 41.4 Å². The lowest BCUT2D eigenvalue weighted by Crippen LogP contribution is -2.54. The van der Waals surface area contributed by atoms with Crippen LogP contribution in [0.5, 0.6) is 0 Å². The average molecular weight is 570 g/mol. The number of guanidine groups is 1. The van der Waals surface area contributed by atoms with Gasteiger partial charge < -0.3 is 27.4 Å². The number of rotatable bonds is 17. The molecular weight excluding hydrogens is 526 g/mol. The summed E-state index contributed by atoms with van der Waals surface area (Å²) in [6.07, 6.45) is 6.05. The smallest absolute Gasteiger partial charge is 0.253 e. The Labute approximate surface area is 241 Å². The number of amides is 5. The monoisotopic (exact) mass is 569 g/mol. The van der Waals surface area contributed by atoms with E-state index in [9.17, 15) is 24.0 Å². The third-order valence-electron chi connectivity index (χ3n) is 6.66. The van der Waals surface area contributed by atoms with Gasteiger partial charge in [0, 0.05) is 37.3 Å². The van der Waals surface area contributed by atoms with Crippen molar-refractivity contribution in [3.05, 3.63) is 42.0 Å². The molecule has 0 aliphatic carbocycles. The first kappa shape index (κ1) is 33.0. The van der Waals surface area contributed by atoms with Gasteiger partial charge in [-0.1, -0.05) is 39.3 Å². The van der Waals surface area contributed by atoms with E-state index < -0.39 is 18.0 Å².